The van der Waals surface area contributed by atoms with Crippen molar-refractivity contribution in [3.05, 3.63) is 0 Å². The first-order valence-corrected chi connectivity index (χ1v) is 6.88. The van der Waals surface area contributed by atoms with E-state index < -0.39 is 24.7 Å². The normalized spacial score (nSPS) is 32.5. The van der Waals surface area contributed by atoms with Crippen LogP contribution < -0.4 is 0 Å². The van der Waals surface area contributed by atoms with Gasteiger partial charge in [-0.1, -0.05) is 33.1 Å². The zero-order valence-electron chi connectivity index (χ0n) is 11.4. The highest BCUT2D eigenvalue weighted by Crippen LogP contribution is 2.35. The number of unbranched alkanes of at least 4 members (excludes halogenated alkanes) is 3. The van der Waals surface area contributed by atoms with Gasteiger partial charge in [-0.25, -0.2) is 0 Å². The maximum Gasteiger partial charge on any atom is 0.417 e. The lowest BCUT2D eigenvalue weighted by Crippen LogP contribution is -2.51. The molecule has 0 spiro atoms. The fourth-order valence-electron chi connectivity index (χ4n) is 2.21. The summed E-state index contributed by atoms with van der Waals surface area (Å²) >= 11 is 0. The molecule has 0 aromatic heterocycles. The van der Waals surface area contributed by atoms with E-state index in [-0.39, 0.29) is 12.3 Å². The third-order valence-electron chi connectivity index (χ3n) is 3.31. The SMILES string of the molecule is CCCCCCO[C@H]1O[C@H](C(F)(F)F)[C@@H](O)C[C@H]1C. The molecule has 1 rings (SSSR count). The van der Waals surface area contributed by atoms with Crippen molar-refractivity contribution in [2.24, 2.45) is 5.92 Å². The summed E-state index contributed by atoms with van der Waals surface area (Å²) in [6.07, 6.45) is -5.01. The van der Waals surface area contributed by atoms with Crippen LogP contribution >= 0.6 is 0 Å². The fourth-order valence-corrected chi connectivity index (χ4v) is 2.21. The number of aliphatic hydroxyl groups is 1. The molecule has 0 amide bonds. The molecular weight excluding hydrogens is 261 g/mol. The average Bonchev–Trinajstić information content (AvgIpc) is 2.29. The largest absolute Gasteiger partial charge is 0.417 e. The maximum absolute atomic E-state index is 12.6. The van der Waals surface area contributed by atoms with Gasteiger partial charge in [-0.2, -0.15) is 13.2 Å². The van der Waals surface area contributed by atoms with Crippen LogP contribution in [0.25, 0.3) is 0 Å². The lowest BCUT2D eigenvalue weighted by molar-refractivity contribution is -0.324. The lowest BCUT2D eigenvalue weighted by atomic mass is 9.95. The molecule has 0 unspecified atom stereocenters. The van der Waals surface area contributed by atoms with Gasteiger partial charge < -0.3 is 14.6 Å². The summed E-state index contributed by atoms with van der Waals surface area (Å²) in [6, 6.07) is 0. The molecule has 4 atom stereocenters. The highest BCUT2D eigenvalue weighted by atomic mass is 19.4. The van der Waals surface area contributed by atoms with Crippen LogP contribution in [0.3, 0.4) is 0 Å². The summed E-state index contributed by atoms with van der Waals surface area (Å²) in [6.45, 7) is 4.21. The Labute approximate surface area is 112 Å². The Bertz CT molecular complexity index is 258. The number of alkyl halides is 3. The quantitative estimate of drug-likeness (QED) is 0.761. The second-order valence-electron chi connectivity index (χ2n) is 5.18. The molecule has 0 radical (unpaired) electrons. The van der Waals surface area contributed by atoms with E-state index in [4.69, 9.17) is 9.47 Å². The first kappa shape index (κ1) is 16.7. The molecule has 19 heavy (non-hydrogen) atoms. The van der Waals surface area contributed by atoms with Crippen LogP contribution in [-0.2, 0) is 9.47 Å². The molecule has 1 aliphatic rings. The van der Waals surface area contributed by atoms with Gasteiger partial charge in [0.05, 0.1) is 6.10 Å². The van der Waals surface area contributed by atoms with Crippen molar-refractivity contribution >= 4 is 0 Å². The Kier molecular flexibility index (Phi) is 6.56. The predicted octanol–water partition coefficient (Wildman–Crippen LogP) is 3.26. The number of ether oxygens (including phenoxy) is 2. The minimum absolute atomic E-state index is 0.0454. The van der Waals surface area contributed by atoms with E-state index in [9.17, 15) is 18.3 Å². The van der Waals surface area contributed by atoms with Crippen molar-refractivity contribution in [1.29, 1.82) is 0 Å². The number of hydrogen-bond acceptors (Lipinski definition) is 3. The van der Waals surface area contributed by atoms with Crippen molar-refractivity contribution in [2.75, 3.05) is 6.61 Å². The van der Waals surface area contributed by atoms with Gasteiger partial charge in [0.15, 0.2) is 12.4 Å². The third kappa shape index (κ3) is 5.28. The molecule has 0 saturated carbocycles. The molecule has 0 aromatic carbocycles. The lowest BCUT2D eigenvalue weighted by Gasteiger charge is -2.38. The standard InChI is InChI=1S/C13H23F3O3/c1-3-4-5-6-7-18-12-9(2)8-10(17)11(19-12)13(14,15)16/h9-12,17H,3-8H2,1-2H3/t9-,10+,11+,12+/m1/s1. The molecule has 1 saturated heterocycles. The minimum atomic E-state index is -4.55. The average molecular weight is 284 g/mol. The first-order valence-electron chi connectivity index (χ1n) is 6.88. The molecule has 6 heteroatoms. The third-order valence-corrected chi connectivity index (χ3v) is 3.31. The van der Waals surface area contributed by atoms with Crippen LogP contribution in [0, 0.1) is 5.92 Å². The van der Waals surface area contributed by atoms with Crippen LogP contribution in [0.2, 0.25) is 0 Å². The highest BCUT2D eigenvalue weighted by molar-refractivity contribution is 4.84. The van der Waals surface area contributed by atoms with Gasteiger partial charge >= 0.3 is 6.18 Å². The fraction of sp³-hybridized carbons (Fsp3) is 1.00. The molecule has 0 aliphatic carbocycles. The van der Waals surface area contributed by atoms with Crippen molar-refractivity contribution in [3.8, 4) is 0 Å². The van der Waals surface area contributed by atoms with E-state index in [2.05, 4.69) is 6.92 Å². The van der Waals surface area contributed by atoms with Gasteiger partial charge in [-0.3, -0.25) is 0 Å². The number of halogens is 3. The number of aliphatic hydroxyl groups excluding tert-OH is 1. The van der Waals surface area contributed by atoms with Gasteiger partial charge in [0.25, 0.3) is 0 Å². The number of hydrogen-bond donors (Lipinski definition) is 1. The van der Waals surface area contributed by atoms with Gasteiger partial charge in [-0.15, -0.1) is 0 Å². The van der Waals surface area contributed by atoms with Crippen molar-refractivity contribution in [2.45, 2.75) is 70.6 Å². The smallest absolute Gasteiger partial charge is 0.390 e. The Hall–Kier alpha value is -0.330. The van der Waals surface area contributed by atoms with Gasteiger partial charge in [0.1, 0.15) is 0 Å². The summed E-state index contributed by atoms with van der Waals surface area (Å²) in [5.74, 6) is -0.236. The van der Waals surface area contributed by atoms with E-state index >= 15 is 0 Å². The number of rotatable bonds is 6. The molecule has 0 aromatic rings. The van der Waals surface area contributed by atoms with Gasteiger partial charge in [0, 0.05) is 12.5 Å². The Morgan fingerprint density at radius 2 is 1.95 bits per heavy atom. The Morgan fingerprint density at radius 3 is 2.53 bits per heavy atom. The maximum atomic E-state index is 12.6. The zero-order valence-corrected chi connectivity index (χ0v) is 11.4. The molecule has 114 valence electrons. The van der Waals surface area contributed by atoms with Crippen LogP contribution in [0.5, 0.6) is 0 Å². The second kappa shape index (κ2) is 7.45. The first-order chi connectivity index (χ1) is 8.86. The van der Waals surface area contributed by atoms with Crippen LogP contribution in [-0.4, -0.2) is 36.4 Å². The van der Waals surface area contributed by atoms with Gasteiger partial charge in [-0.05, 0) is 12.8 Å². The summed E-state index contributed by atoms with van der Waals surface area (Å²) in [4.78, 5) is 0. The Morgan fingerprint density at radius 1 is 1.26 bits per heavy atom. The van der Waals surface area contributed by atoms with Gasteiger partial charge in [0.2, 0.25) is 0 Å². The van der Waals surface area contributed by atoms with E-state index in [1.54, 1.807) is 6.92 Å². The predicted molar refractivity (Wildman–Crippen MR) is 64.6 cm³/mol. The summed E-state index contributed by atoms with van der Waals surface area (Å²) in [5.41, 5.74) is 0. The van der Waals surface area contributed by atoms with Crippen LogP contribution in [0.15, 0.2) is 0 Å². The van der Waals surface area contributed by atoms with E-state index in [0.717, 1.165) is 25.7 Å². The van der Waals surface area contributed by atoms with E-state index in [0.29, 0.717) is 6.61 Å². The summed E-state index contributed by atoms with van der Waals surface area (Å²) < 4.78 is 48.2. The highest BCUT2D eigenvalue weighted by Gasteiger charge is 2.50. The van der Waals surface area contributed by atoms with E-state index in [1.807, 2.05) is 0 Å². The molecule has 0 bridgehead atoms. The summed E-state index contributed by atoms with van der Waals surface area (Å²) in [5, 5.41) is 9.43. The van der Waals surface area contributed by atoms with Crippen LogP contribution in [0.1, 0.15) is 46.0 Å². The molecular formula is C13H23F3O3. The Balaban J connectivity index is 2.40. The zero-order chi connectivity index (χ0) is 14.5. The van der Waals surface area contributed by atoms with E-state index in [1.165, 1.54) is 0 Å². The molecule has 1 heterocycles. The second-order valence-corrected chi connectivity index (χ2v) is 5.18. The van der Waals surface area contributed by atoms with Crippen molar-refractivity contribution in [3.63, 3.8) is 0 Å². The molecule has 1 N–H and O–H groups in total. The molecule has 3 nitrogen and oxygen atoms in total. The van der Waals surface area contributed by atoms with Crippen molar-refractivity contribution < 1.29 is 27.8 Å². The van der Waals surface area contributed by atoms with Crippen molar-refractivity contribution in [1.82, 2.24) is 0 Å². The monoisotopic (exact) mass is 284 g/mol. The topological polar surface area (TPSA) is 38.7 Å². The molecule has 1 aliphatic heterocycles. The van der Waals surface area contributed by atoms with Crippen LogP contribution in [0.4, 0.5) is 13.2 Å². The summed E-state index contributed by atoms with van der Waals surface area (Å²) in [7, 11) is 0. The molecule has 1 fully saturated rings. The minimum Gasteiger partial charge on any atom is -0.390 e.